The molecule has 0 bridgehead atoms. The number of hydrogen-bond acceptors (Lipinski definition) is 3. The minimum atomic E-state index is -0.0634. The van der Waals surface area contributed by atoms with E-state index in [1.165, 1.54) is 17.3 Å². The number of aryl methyl sites for hydroxylation is 2. The summed E-state index contributed by atoms with van der Waals surface area (Å²) in [6.45, 7) is 4.03. The number of carbonyl (C=O) groups is 1. The molecule has 0 saturated carbocycles. The first-order valence-electron chi connectivity index (χ1n) is 6.55. The van der Waals surface area contributed by atoms with Gasteiger partial charge in [-0.1, -0.05) is 41.7 Å². The molecule has 0 spiro atoms. The van der Waals surface area contributed by atoms with Crippen LogP contribution in [-0.4, -0.2) is 15.2 Å². The van der Waals surface area contributed by atoms with Crippen molar-refractivity contribution in [3.05, 3.63) is 58.3 Å². The number of thioether (sulfide) groups is 1. The third-order valence-corrected chi connectivity index (χ3v) is 4.60. The molecular weight excluding hydrogens is 300 g/mol. The molecule has 0 radical (unpaired) electrons. The Labute approximate surface area is 133 Å². The van der Waals surface area contributed by atoms with Crippen LogP contribution in [0.1, 0.15) is 16.8 Å². The number of thiocarbonyl (C=S) groups is 1. The Morgan fingerprint density at radius 2 is 2.10 bits per heavy atom. The van der Waals surface area contributed by atoms with Gasteiger partial charge in [0, 0.05) is 11.9 Å². The van der Waals surface area contributed by atoms with Crippen LogP contribution < -0.4 is 4.90 Å². The van der Waals surface area contributed by atoms with Gasteiger partial charge >= 0.3 is 0 Å². The summed E-state index contributed by atoms with van der Waals surface area (Å²) in [6.07, 6.45) is 3.67. The number of aromatic nitrogens is 1. The molecule has 1 aliphatic heterocycles. The van der Waals surface area contributed by atoms with E-state index in [0.29, 0.717) is 9.23 Å². The lowest BCUT2D eigenvalue weighted by atomic mass is 10.1. The van der Waals surface area contributed by atoms with Crippen LogP contribution >= 0.6 is 24.0 Å². The molecule has 2 heterocycles. The highest BCUT2D eigenvalue weighted by Crippen LogP contribution is 2.37. The second kappa shape index (κ2) is 5.50. The normalized spacial score (nSPS) is 17.0. The van der Waals surface area contributed by atoms with Crippen LogP contribution in [0.3, 0.4) is 0 Å². The van der Waals surface area contributed by atoms with Gasteiger partial charge in [0.1, 0.15) is 0 Å². The second-order valence-electron chi connectivity index (χ2n) is 4.93. The lowest BCUT2D eigenvalue weighted by molar-refractivity contribution is -0.113. The molecule has 1 fully saturated rings. The van der Waals surface area contributed by atoms with Gasteiger partial charge < -0.3 is 4.98 Å². The molecule has 0 unspecified atom stereocenters. The van der Waals surface area contributed by atoms with Gasteiger partial charge in [0.25, 0.3) is 5.91 Å². The molecule has 1 aromatic carbocycles. The Morgan fingerprint density at radius 1 is 1.29 bits per heavy atom. The first kappa shape index (κ1) is 14.1. The molecular formula is C16H14N2OS2. The summed E-state index contributed by atoms with van der Waals surface area (Å²) in [5.74, 6) is -0.0634. The van der Waals surface area contributed by atoms with Crippen LogP contribution in [0.5, 0.6) is 0 Å². The fourth-order valence-corrected chi connectivity index (χ4v) is 3.58. The number of nitrogens with zero attached hydrogens (tertiary/aromatic N) is 1. The maximum atomic E-state index is 12.6. The second-order valence-corrected chi connectivity index (χ2v) is 6.61. The minimum absolute atomic E-state index is 0.0634. The molecule has 0 aliphatic carbocycles. The van der Waals surface area contributed by atoms with Crippen molar-refractivity contribution >= 4 is 46.0 Å². The summed E-state index contributed by atoms with van der Waals surface area (Å²) in [4.78, 5) is 17.9. The van der Waals surface area contributed by atoms with Gasteiger partial charge in [-0.15, -0.1) is 0 Å². The maximum absolute atomic E-state index is 12.6. The van der Waals surface area contributed by atoms with Crippen molar-refractivity contribution in [2.24, 2.45) is 0 Å². The van der Waals surface area contributed by atoms with Gasteiger partial charge in [-0.2, -0.15) is 0 Å². The molecule has 21 heavy (non-hydrogen) atoms. The van der Waals surface area contributed by atoms with Crippen LogP contribution in [0.15, 0.2) is 41.4 Å². The quantitative estimate of drug-likeness (QED) is 0.671. The zero-order valence-corrected chi connectivity index (χ0v) is 13.3. The number of carbonyl (C=O) groups excluding carboxylic acids is 1. The molecule has 2 aromatic rings. The molecule has 1 amide bonds. The van der Waals surface area contributed by atoms with Crippen LogP contribution in [0, 0.1) is 13.8 Å². The van der Waals surface area contributed by atoms with Gasteiger partial charge in [-0.05, 0) is 43.7 Å². The Morgan fingerprint density at radius 3 is 2.76 bits per heavy atom. The minimum Gasteiger partial charge on any atom is -0.362 e. The van der Waals surface area contributed by atoms with Gasteiger partial charge in [0.2, 0.25) is 0 Å². The van der Waals surface area contributed by atoms with E-state index < -0.39 is 0 Å². The summed E-state index contributed by atoms with van der Waals surface area (Å²) < 4.78 is 0.574. The molecule has 5 heteroatoms. The summed E-state index contributed by atoms with van der Waals surface area (Å²) in [5, 5.41) is 0. The summed E-state index contributed by atoms with van der Waals surface area (Å²) >= 11 is 6.72. The van der Waals surface area contributed by atoms with E-state index in [2.05, 4.69) is 11.1 Å². The average Bonchev–Trinajstić information content (AvgIpc) is 3.02. The summed E-state index contributed by atoms with van der Waals surface area (Å²) in [5.41, 5.74) is 3.98. The highest BCUT2D eigenvalue weighted by Gasteiger charge is 2.34. The molecule has 3 rings (SSSR count). The van der Waals surface area contributed by atoms with Crippen molar-refractivity contribution in [3.8, 4) is 0 Å². The lowest BCUT2D eigenvalue weighted by Gasteiger charge is -2.17. The largest absolute Gasteiger partial charge is 0.362 e. The zero-order valence-electron chi connectivity index (χ0n) is 11.7. The summed E-state index contributed by atoms with van der Waals surface area (Å²) in [6, 6.07) is 9.82. The first-order valence-corrected chi connectivity index (χ1v) is 7.77. The van der Waals surface area contributed by atoms with E-state index in [0.717, 1.165) is 16.9 Å². The Hall–Kier alpha value is -1.85. The average molecular weight is 314 g/mol. The van der Waals surface area contributed by atoms with Crippen molar-refractivity contribution in [3.63, 3.8) is 0 Å². The number of rotatable bonds is 2. The van der Waals surface area contributed by atoms with E-state index in [9.17, 15) is 4.79 Å². The predicted octanol–water partition coefficient (Wildman–Crippen LogP) is 4.04. The predicted molar refractivity (Wildman–Crippen MR) is 92.4 cm³/mol. The molecule has 106 valence electrons. The van der Waals surface area contributed by atoms with Crippen molar-refractivity contribution in [1.82, 2.24) is 4.98 Å². The van der Waals surface area contributed by atoms with Gasteiger partial charge in [-0.25, -0.2) is 0 Å². The highest BCUT2D eigenvalue weighted by atomic mass is 32.2. The Kier molecular flexibility index (Phi) is 3.69. The fraction of sp³-hybridized carbons (Fsp3) is 0.125. The molecule has 1 saturated heterocycles. The van der Waals surface area contributed by atoms with Crippen molar-refractivity contribution in [2.45, 2.75) is 13.8 Å². The number of hydrogen-bond donors (Lipinski definition) is 1. The fourth-order valence-electron chi connectivity index (χ4n) is 2.31. The van der Waals surface area contributed by atoms with Crippen LogP contribution in [-0.2, 0) is 4.79 Å². The van der Waals surface area contributed by atoms with E-state index in [1.807, 2.05) is 50.4 Å². The Bertz CT molecular complexity index is 748. The Balaban J connectivity index is 1.98. The lowest BCUT2D eigenvalue weighted by Crippen LogP contribution is -2.28. The number of nitrogens with one attached hydrogen (secondary N) is 1. The number of amides is 1. The zero-order chi connectivity index (χ0) is 15.0. The standard InChI is InChI=1S/C16H14N2OS2/c1-10-5-6-13(11(2)8-10)18-15(19)14(21-16(18)20)9-12-4-3-7-17-12/h3-9,17H,1-2H3/b14-9+. The van der Waals surface area contributed by atoms with Gasteiger partial charge in [0.15, 0.2) is 4.32 Å². The van der Waals surface area contributed by atoms with E-state index in [-0.39, 0.29) is 5.91 Å². The third kappa shape index (κ3) is 2.66. The van der Waals surface area contributed by atoms with Gasteiger partial charge in [-0.3, -0.25) is 9.69 Å². The smallest absolute Gasteiger partial charge is 0.270 e. The SMILES string of the molecule is Cc1ccc(N2C(=O)/C(=C\c3ccc[nH]3)SC2=S)c(C)c1. The molecule has 0 atom stereocenters. The topological polar surface area (TPSA) is 36.1 Å². The summed E-state index contributed by atoms with van der Waals surface area (Å²) in [7, 11) is 0. The first-order chi connectivity index (χ1) is 10.1. The number of anilines is 1. The van der Waals surface area contributed by atoms with Crippen LogP contribution in [0.25, 0.3) is 6.08 Å². The molecule has 1 aromatic heterocycles. The van der Waals surface area contributed by atoms with E-state index in [1.54, 1.807) is 4.90 Å². The number of benzene rings is 1. The van der Waals surface area contributed by atoms with E-state index in [4.69, 9.17) is 12.2 Å². The molecule has 1 aliphatic rings. The number of aromatic amines is 1. The monoisotopic (exact) mass is 314 g/mol. The number of H-pyrrole nitrogens is 1. The maximum Gasteiger partial charge on any atom is 0.270 e. The molecule has 3 nitrogen and oxygen atoms in total. The highest BCUT2D eigenvalue weighted by molar-refractivity contribution is 8.27. The van der Waals surface area contributed by atoms with Crippen LogP contribution in [0.4, 0.5) is 5.69 Å². The third-order valence-electron chi connectivity index (χ3n) is 3.30. The van der Waals surface area contributed by atoms with E-state index >= 15 is 0 Å². The van der Waals surface area contributed by atoms with Gasteiger partial charge in [0.05, 0.1) is 10.6 Å². The van der Waals surface area contributed by atoms with Crippen molar-refractivity contribution in [2.75, 3.05) is 4.90 Å². The van der Waals surface area contributed by atoms with Crippen molar-refractivity contribution in [1.29, 1.82) is 0 Å². The van der Waals surface area contributed by atoms with Crippen LogP contribution in [0.2, 0.25) is 0 Å². The molecule has 1 N–H and O–H groups in total. The van der Waals surface area contributed by atoms with Crippen molar-refractivity contribution < 1.29 is 4.79 Å².